The van der Waals surface area contributed by atoms with Gasteiger partial charge in [0, 0.05) is 6.04 Å². The van der Waals surface area contributed by atoms with Gasteiger partial charge in [0.1, 0.15) is 12.1 Å². The van der Waals surface area contributed by atoms with Crippen molar-refractivity contribution in [3.05, 3.63) is 17.8 Å². The molecular formula is C14H15N3S. The number of anilines is 1. The fourth-order valence-corrected chi connectivity index (χ4v) is 5.37. The zero-order valence-corrected chi connectivity index (χ0v) is 10.9. The lowest BCUT2D eigenvalue weighted by molar-refractivity contribution is 0.456. The van der Waals surface area contributed by atoms with Crippen LogP contribution in [0.15, 0.2) is 17.8 Å². The molecule has 1 N–H and O–H groups in total. The van der Waals surface area contributed by atoms with Crippen LogP contribution in [0.3, 0.4) is 0 Å². The van der Waals surface area contributed by atoms with Gasteiger partial charge in [-0.05, 0) is 54.4 Å². The molecular weight excluding hydrogens is 242 g/mol. The van der Waals surface area contributed by atoms with Gasteiger partial charge in [-0.15, -0.1) is 11.3 Å². The number of aromatic nitrogens is 2. The molecule has 0 aromatic carbocycles. The number of hydrogen-bond acceptors (Lipinski definition) is 4. The summed E-state index contributed by atoms with van der Waals surface area (Å²) in [7, 11) is 0. The van der Waals surface area contributed by atoms with Gasteiger partial charge in [-0.3, -0.25) is 0 Å². The van der Waals surface area contributed by atoms with E-state index in [0.717, 1.165) is 35.0 Å². The quantitative estimate of drug-likeness (QED) is 0.898. The van der Waals surface area contributed by atoms with E-state index in [0.29, 0.717) is 6.04 Å². The molecule has 3 nitrogen and oxygen atoms in total. The fourth-order valence-electron chi connectivity index (χ4n) is 4.57. The minimum absolute atomic E-state index is 0.705. The summed E-state index contributed by atoms with van der Waals surface area (Å²) in [4.78, 5) is 8.75. The molecule has 3 aliphatic rings. The minimum Gasteiger partial charge on any atom is -0.365 e. The van der Waals surface area contributed by atoms with E-state index in [4.69, 9.17) is 0 Å². The van der Waals surface area contributed by atoms with Crippen molar-refractivity contribution in [2.24, 2.45) is 23.7 Å². The van der Waals surface area contributed by atoms with Gasteiger partial charge in [-0.2, -0.15) is 0 Å². The Morgan fingerprint density at radius 3 is 2.83 bits per heavy atom. The largest absolute Gasteiger partial charge is 0.365 e. The Hall–Kier alpha value is -1.16. The number of fused-ring (bicyclic) bond motifs is 6. The normalized spacial score (nSPS) is 40.1. The third-order valence-electron chi connectivity index (χ3n) is 5.28. The van der Waals surface area contributed by atoms with Crippen molar-refractivity contribution >= 4 is 27.4 Å². The smallest absolute Gasteiger partial charge is 0.147 e. The van der Waals surface area contributed by atoms with Crippen LogP contribution in [-0.2, 0) is 0 Å². The van der Waals surface area contributed by atoms with Crippen LogP contribution in [0.4, 0.5) is 5.82 Å². The monoisotopic (exact) mass is 257 g/mol. The third kappa shape index (κ3) is 1.14. The highest BCUT2D eigenvalue weighted by atomic mass is 32.1. The molecule has 0 aliphatic heterocycles. The van der Waals surface area contributed by atoms with Crippen LogP contribution >= 0.6 is 11.3 Å². The van der Waals surface area contributed by atoms with Crippen molar-refractivity contribution in [1.29, 1.82) is 0 Å². The van der Waals surface area contributed by atoms with Crippen molar-refractivity contribution in [1.82, 2.24) is 9.97 Å². The zero-order chi connectivity index (χ0) is 11.7. The van der Waals surface area contributed by atoms with Gasteiger partial charge in [0.2, 0.25) is 0 Å². The Bertz CT molecular complexity index is 606. The highest BCUT2D eigenvalue weighted by Gasteiger charge is 2.65. The molecule has 18 heavy (non-hydrogen) atoms. The summed E-state index contributed by atoms with van der Waals surface area (Å²) in [6, 6.07) is 2.78. The van der Waals surface area contributed by atoms with Gasteiger partial charge in [0.25, 0.3) is 0 Å². The summed E-state index contributed by atoms with van der Waals surface area (Å²) in [6.07, 6.45) is 6.14. The number of nitrogens with zero attached hydrogens (tertiary/aromatic N) is 2. The number of nitrogens with one attached hydrogen (secondary N) is 1. The van der Waals surface area contributed by atoms with Gasteiger partial charge < -0.3 is 5.32 Å². The first-order chi connectivity index (χ1) is 8.92. The molecule has 0 amide bonds. The van der Waals surface area contributed by atoms with Gasteiger partial charge in [0.05, 0.1) is 10.2 Å². The maximum absolute atomic E-state index is 4.45. The molecule has 4 unspecified atom stereocenters. The summed E-state index contributed by atoms with van der Waals surface area (Å²) in [5, 5.41) is 5.81. The van der Waals surface area contributed by atoms with Crippen molar-refractivity contribution < 1.29 is 0 Å². The first kappa shape index (κ1) is 9.73. The number of rotatable bonds is 2. The second kappa shape index (κ2) is 3.23. The fraction of sp³-hybridized carbons (Fsp3) is 0.571. The Morgan fingerprint density at radius 2 is 2.00 bits per heavy atom. The van der Waals surface area contributed by atoms with E-state index in [-0.39, 0.29) is 0 Å². The van der Waals surface area contributed by atoms with Crippen LogP contribution in [0, 0.1) is 23.7 Å². The summed E-state index contributed by atoms with van der Waals surface area (Å²) < 4.78 is 1.22. The molecule has 2 aromatic heterocycles. The first-order valence-electron chi connectivity index (χ1n) is 6.86. The van der Waals surface area contributed by atoms with E-state index in [9.17, 15) is 0 Å². The van der Waals surface area contributed by atoms with Crippen LogP contribution in [-0.4, -0.2) is 16.0 Å². The van der Waals surface area contributed by atoms with E-state index in [1.807, 2.05) is 0 Å². The van der Waals surface area contributed by atoms with E-state index in [1.165, 1.54) is 24.0 Å². The van der Waals surface area contributed by atoms with E-state index in [2.05, 4.69) is 26.7 Å². The van der Waals surface area contributed by atoms with Crippen molar-refractivity contribution in [3.63, 3.8) is 0 Å². The molecule has 0 spiro atoms. The molecule has 3 aliphatic carbocycles. The lowest BCUT2D eigenvalue weighted by atomic mass is 10.0. The van der Waals surface area contributed by atoms with Gasteiger partial charge in [0.15, 0.2) is 0 Å². The Morgan fingerprint density at radius 1 is 1.17 bits per heavy atom. The lowest BCUT2D eigenvalue weighted by Crippen LogP contribution is -2.13. The van der Waals surface area contributed by atoms with Crippen molar-refractivity contribution in [3.8, 4) is 0 Å². The molecule has 5 rings (SSSR count). The van der Waals surface area contributed by atoms with Crippen LogP contribution < -0.4 is 5.32 Å². The van der Waals surface area contributed by atoms with E-state index in [1.54, 1.807) is 17.7 Å². The molecule has 3 fully saturated rings. The molecule has 2 bridgehead atoms. The zero-order valence-electron chi connectivity index (χ0n) is 10.0. The lowest BCUT2D eigenvalue weighted by Gasteiger charge is -2.11. The number of hydrogen-bond donors (Lipinski definition) is 1. The van der Waals surface area contributed by atoms with E-state index < -0.39 is 0 Å². The Labute approximate surface area is 110 Å². The standard InChI is InChI=1S/C14H15N3S/c1-2-8-5-7(1)10-11(8)12(10)17-14-13-9(3-4-18-13)15-6-16-14/h3-4,6-8,10-12H,1-2,5H2,(H,15,16,17). The van der Waals surface area contributed by atoms with Crippen molar-refractivity contribution in [2.75, 3.05) is 5.32 Å². The third-order valence-corrected chi connectivity index (χ3v) is 6.19. The molecule has 0 radical (unpaired) electrons. The van der Waals surface area contributed by atoms with Gasteiger partial charge in [-0.1, -0.05) is 0 Å². The predicted octanol–water partition coefficient (Wildman–Crippen LogP) is 3.15. The molecule has 92 valence electrons. The highest BCUT2D eigenvalue weighted by Crippen LogP contribution is 2.66. The summed E-state index contributed by atoms with van der Waals surface area (Å²) in [5.41, 5.74) is 1.08. The Balaban J connectivity index is 1.46. The maximum atomic E-state index is 4.45. The van der Waals surface area contributed by atoms with Gasteiger partial charge >= 0.3 is 0 Å². The SMILES string of the molecule is c1nc(NC2C3C4CCC(C4)C23)c2sccc2n1. The van der Waals surface area contributed by atoms with Crippen LogP contribution in [0.5, 0.6) is 0 Å². The molecule has 4 heteroatoms. The van der Waals surface area contributed by atoms with Gasteiger partial charge in [-0.25, -0.2) is 9.97 Å². The van der Waals surface area contributed by atoms with Crippen LogP contribution in [0.25, 0.3) is 10.2 Å². The second-order valence-electron chi connectivity index (χ2n) is 6.02. The maximum Gasteiger partial charge on any atom is 0.147 e. The second-order valence-corrected chi connectivity index (χ2v) is 6.93. The van der Waals surface area contributed by atoms with Crippen molar-refractivity contribution in [2.45, 2.75) is 25.3 Å². The van der Waals surface area contributed by atoms with E-state index >= 15 is 0 Å². The molecule has 0 saturated heterocycles. The topological polar surface area (TPSA) is 37.8 Å². The molecule has 4 atom stereocenters. The highest BCUT2D eigenvalue weighted by molar-refractivity contribution is 7.17. The number of thiophene rings is 1. The molecule has 2 heterocycles. The minimum atomic E-state index is 0.705. The summed E-state index contributed by atoms with van der Waals surface area (Å²) in [5.74, 6) is 4.99. The van der Waals surface area contributed by atoms with Crippen LogP contribution in [0.1, 0.15) is 19.3 Å². The van der Waals surface area contributed by atoms with Crippen LogP contribution in [0.2, 0.25) is 0 Å². The molecule has 3 saturated carbocycles. The summed E-state index contributed by atoms with van der Waals surface area (Å²) >= 11 is 1.74. The summed E-state index contributed by atoms with van der Waals surface area (Å²) in [6.45, 7) is 0. The molecule has 2 aromatic rings. The first-order valence-corrected chi connectivity index (χ1v) is 7.74. The Kier molecular flexibility index (Phi) is 1.75. The average molecular weight is 257 g/mol. The average Bonchev–Trinajstić information content (AvgIpc) is 2.84. The predicted molar refractivity (Wildman–Crippen MR) is 72.6 cm³/mol.